The molecule has 0 unspecified atom stereocenters. The molecule has 1 saturated carbocycles. The molecule has 4 rings (SSSR count). The van der Waals surface area contributed by atoms with E-state index in [-0.39, 0.29) is 5.91 Å². The van der Waals surface area contributed by atoms with E-state index in [1.165, 1.54) is 47.6 Å². The van der Waals surface area contributed by atoms with E-state index < -0.39 is 0 Å². The summed E-state index contributed by atoms with van der Waals surface area (Å²) in [5.74, 6) is 0.0919. The first-order valence-electron chi connectivity index (χ1n) is 8.89. The van der Waals surface area contributed by atoms with E-state index in [1.807, 2.05) is 23.1 Å². The Hall–Kier alpha value is -1.59. The molecule has 0 radical (unpaired) electrons. The minimum atomic E-state index is 0.0919. The van der Waals surface area contributed by atoms with Crippen LogP contribution in [0.3, 0.4) is 0 Å². The largest absolute Gasteiger partial charge is 0.347 e. The summed E-state index contributed by atoms with van der Waals surface area (Å²) in [7, 11) is 2.07. The lowest BCUT2D eigenvalue weighted by Crippen LogP contribution is -2.39. The number of hydrogen-bond acceptors (Lipinski definition) is 3. The second-order valence-corrected chi connectivity index (χ2v) is 8.59. The van der Waals surface area contributed by atoms with Gasteiger partial charge in [-0.2, -0.15) is 0 Å². The standard InChI is InChI=1S/C20H22N2OS2/c1-13-16(15-10-6-7-11-17(15)21(13)2)12-18-19(23)22(20(24)25-18)14-8-4-3-5-9-14/h6-7,10-12,14H,3-5,8-9H2,1-2H3/b18-12+. The Morgan fingerprint density at radius 3 is 2.68 bits per heavy atom. The van der Waals surface area contributed by atoms with Crippen molar-refractivity contribution in [1.82, 2.24) is 9.47 Å². The highest BCUT2D eigenvalue weighted by atomic mass is 32.2. The molecule has 3 nitrogen and oxygen atoms in total. The summed E-state index contributed by atoms with van der Waals surface area (Å²) in [6, 6.07) is 8.63. The van der Waals surface area contributed by atoms with Crippen LogP contribution in [0, 0.1) is 6.92 Å². The average molecular weight is 371 g/mol. The van der Waals surface area contributed by atoms with Gasteiger partial charge in [0.2, 0.25) is 0 Å². The zero-order chi connectivity index (χ0) is 17.6. The zero-order valence-electron chi connectivity index (χ0n) is 14.6. The summed E-state index contributed by atoms with van der Waals surface area (Å²) in [4.78, 5) is 15.7. The first-order valence-corrected chi connectivity index (χ1v) is 10.1. The number of aromatic nitrogens is 1. The van der Waals surface area contributed by atoms with Gasteiger partial charge < -0.3 is 4.57 Å². The number of aryl methyl sites for hydroxylation is 1. The van der Waals surface area contributed by atoms with Gasteiger partial charge in [-0.05, 0) is 31.9 Å². The van der Waals surface area contributed by atoms with E-state index in [1.54, 1.807) is 0 Å². The molecule has 5 heteroatoms. The van der Waals surface area contributed by atoms with Crippen LogP contribution in [-0.2, 0) is 11.8 Å². The van der Waals surface area contributed by atoms with Crippen LogP contribution < -0.4 is 0 Å². The quantitative estimate of drug-likeness (QED) is 0.548. The Morgan fingerprint density at radius 1 is 1.20 bits per heavy atom. The Labute approximate surface area is 158 Å². The molecule has 1 aliphatic carbocycles. The second kappa shape index (κ2) is 6.61. The van der Waals surface area contributed by atoms with Crippen molar-refractivity contribution in [2.24, 2.45) is 7.05 Å². The Balaban J connectivity index is 1.72. The van der Waals surface area contributed by atoms with Crippen LogP contribution >= 0.6 is 24.0 Å². The van der Waals surface area contributed by atoms with Crippen molar-refractivity contribution in [3.05, 3.63) is 40.4 Å². The number of benzene rings is 1. The first kappa shape index (κ1) is 16.9. The van der Waals surface area contributed by atoms with Crippen LogP contribution in [0.5, 0.6) is 0 Å². The molecule has 2 aromatic rings. The van der Waals surface area contributed by atoms with Crippen molar-refractivity contribution < 1.29 is 4.79 Å². The maximum absolute atomic E-state index is 13.0. The normalized spacial score (nSPS) is 21.0. The van der Waals surface area contributed by atoms with E-state index >= 15 is 0 Å². The molecule has 0 bridgehead atoms. The predicted molar refractivity (Wildman–Crippen MR) is 110 cm³/mol. The number of thiocarbonyl (C=S) groups is 1. The summed E-state index contributed by atoms with van der Waals surface area (Å²) in [5, 5.41) is 1.19. The lowest BCUT2D eigenvalue weighted by Gasteiger charge is -2.29. The van der Waals surface area contributed by atoms with E-state index in [2.05, 4.69) is 30.7 Å². The Bertz CT molecular complexity index is 890. The molecule has 0 atom stereocenters. The summed E-state index contributed by atoms with van der Waals surface area (Å²) in [6.45, 7) is 2.10. The van der Waals surface area contributed by atoms with Gasteiger partial charge in [0.15, 0.2) is 0 Å². The number of carbonyl (C=O) groups excluding carboxylic acids is 1. The monoisotopic (exact) mass is 370 g/mol. The molecule has 1 amide bonds. The molecule has 1 aliphatic heterocycles. The first-order chi connectivity index (χ1) is 12.1. The number of para-hydroxylation sites is 1. The molecule has 25 heavy (non-hydrogen) atoms. The highest BCUT2D eigenvalue weighted by Crippen LogP contribution is 2.38. The Morgan fingerprint density at radius 2 is 1.92 bits per heavy atom. The average Bonchev–Trinajstić information content (AvgIpc) is 3.04. The van der Waals surface area contributed by atoms with Crippen molar-refractivity contribution in [2.75, 3.05) is 0 Å². The van der Waals surface area contributed by atoms with Gasteiger partial charge in [0.05, 0.1) is 4.91 Å². The SMILES string of the molecule is Cc1c(/C=C2/SC(=S)N(C3CCCCC3)C2=O)c2ccccc2n1C. The van der Waals surface area contributed by atoms with Crippen molar-refractivity contribution in [2.45, 2.75) is 45.1 Å². The van der Waals surface area contributed by atoms with Gasteiger partial charge in [0.1, 0.15) is 4.32 Å². The number of hydrogen-bond donors (Lipinski definition) is 0. The van der Waals surface area contributed by atoms with Crippen molar-refractivity contribution in [3.63, 3.8) is 0 Å². The molecule has 0 spiro atoms. The van der Waals surface area contributed by atoms with E-state index in [0.717, 1.165) is 27.6 Å². The zero-order valence-corrected chi connectivity index (χ0v) is 16.3. The number of fused-ring (bicyclic) bond motifs is 1. The van der Waals surface area contributed by atoms with Gasteiger partial charge in [-0.25, -0.2) is 0 Å². The fourth-order valence-corrected chi connectivity index (χ4v) is 5.38. The molecule has 0 N–H and O–H groups in total. The summed E-state index contributed by atoms with van der Waals surface area (Å²) in [6.07, 6.45) is 7.86. The molecule has 1 aromatic carbocycles. The fraction of sp³-hybridized carbons (Fsp3) is 0.400. The second-order valence-electron chi connectivity index (χ2n) is 6.92. The van der Waals surface area contributed by atoms with E-state index in [4.69, 9.17) is 12.2 Å². The summed E-state index contributed by atoms with van der Waals surface area (Å²) in [5.41, 5.74) is 3.49. The van der Waals surface area contributed by atoms with Gasteiger partial charge in [0, 0.05) is 35.2 Å². The van der Waals surface area contributed by atoms with Crippen LogP contribution in [-0.4, -0.2) is 25.7 Å². The van der Waals surface area contributed by atoms with Gasteiger partial charge >= 0.3 is 0 Å². The third-order valence-corrected chi connectivity index (χ3v) is 6.82. The lowest BCUT2D eigenvalue weighted by molar-refractivity contribution is -0.124. The third kappa shape index (κ3) is 2.83. The minimum absolute atomic E-state index is 0.0919. The highest BCUT2D eigenvalue weighted by molar-refractivity contribution is 8.26. The van der Waals surface area contributed by atoms with Gasteiger partial charge in [-0.3, -0.25) is 9.69 Å². The van der Waals surface area contributed by atoms with Crippen molar-refractivity contribution in [1.29, 1.82) is 0 Å². The van der Waals surface area contributed by atoms with E-state index in [0.29, 0.717) is 6.04 Å². The third-order valence-electron chi connectivity index (χ3n) is 5.49. The highest BCUT2D eigenvalue weighted by Gasteiger charge is 2.37. The van der Waals surface area contributed by atoms with Crippen molar-refractivity contribution in [3.8, 4) is 0 Å². The lowest BCUT2D eigenvalue weighted by atomic mass is 9.94. The van der Waals surface area contributed by atoms with Crippen LogP contribution in [0.1, 0.15) is 43.4 Å². The molecular formula is C20H22N2OS2. The van der Waals surface area contributed by atoms with Gasteiger partial charge in [-0.1, -0.05) is 61.4 Å². The Kier molecular flexibility index (Phi) is 4.46. The minimum Gasteiger partial charge on any atom is -0.347 e. The maximum Gasteiger partial charge on any atom is 0.266 e. The molecule has 1 saturated heterocycles. The van der Waals surface area contributed by atoms with Gasteiger partial charge in [-0.15, -0.1) is 0 Å². The summed E-state index contributed by atoms with van der Waals surface area (Å²) >= 11 is 7.00. The molecule has 2 aliphatic rings. The smallest absolute Gasteiger partial charge is 0.266 e. The number of rotatable bonds is 2. The van der Waals surface area contributed by atoms with Crippen LogP contribution in [0.25, 0.3) is 17.0 Å². The molecule has 1 aromatic heterocycles. The topological polar surface area (TPSA) is 25.2 Å². The molecule has 2 heterocycles. The van der Waals surface area contributed by atoms with Crippen LogP contribution in [0.2, 0.25) is 0 Å². The fourth-order valence-electron chi connectivity index (χ4n) is 4.00. The van der Waals surface area contributed by atoms with Gasteiger partial charge in [0.25, 0.3) is 5.91 Å². The molecule has 130 valence electrons. The molecule has 2 fully saturated rings. The van der Waals surface area contributed by atoms with Crippen molar-refractivity contribution >= 4 is 51.2 Å². The number of carbonyl (C=O) groups is 1. The van der Waals surface area contributed by atoms with Crippen LogP contribution in [0.4, 0.5) is 0 Å². The van der Waals surface area contributed by atoms with E-state index in [9.17, 15) is 4.79 Å². The molecular weight excluding hydrogens is 348 g/mol. The number of thioether (sulfide) groups is 1. The predicted octanol–water partition coefficient (Wildman–Crippen LogP) is 5.02. The van der Waals surface area contributed by atoms with Crippen LogP contribution in [0.15, 0.2) is 29.2 Å². The number of nitrogens with zero attached hydrogens (tertiary/aromatic N) is 2. The number of amides is 1. The summed E-state index contributed by atoms with van der Waals surface area (Å²) < 4.78 is 2.91. The maximum atomic E-state index is 13.0.